The molecular formula is C24H33NO4. The van der Waals surface area contributed by atoms with Gasteiger partial charge in [-0.3, -0.25) is 4.79 Å². The lowest BCUT2D eigenvalue weighted by atomic mass is 10.1. The molecule has 2 aromatic carbocycles. The second-order valence-corrected chi connectivity index (χ2v) is 7.06. The Morgan fingerprint density at radius 1 is 0.931 bits per heavy atom. The summed E-state index contributed by atoms with van der Waals surface area (Å²) in [5.41, 5.74) is 3.29. The molecule has 1 amide bonds. The zero-order chi connectivity index (χ0) is 21.4. The molecule has 0 bridgehead atoms. The monoisotopic (exact) mass is 399 g/mol. The summed E-state index contributed by atoms with van der Waals surface area (Å²) in [7, 11) is 0. The van der Waals surface area contributed by atoms with Gasteiger partial charge in [0.2, 0.25) is 0 Å². The maximum absolute atomic E-state index is 12.8. The van der Waals surface area contributed by atoms with Gasteiger partial charge in [0.15, 0.2) is 17.6 Å². The van der Waals surface area contributed by atoms with Crippen LogP contribution in [0.4, 0.5) is 0 Å². The van der Waals surface area contributed by atoms with Gasteiger partial charge in [-0.1, -0.05) is 19.1 Å². The van der Waals surface area contributed by atoms with Crippen LogP contribution in [0.5, 0.6) is 17.2 Å². The molecular weight excluding hydrogens is 366 g/mol. The van der Waals surface area contributed by atoms with Crippen LogP contribution in [0.15, 0.2) is 36.4 Å². The third kappa shape index (κ3) is 6.14. The molecule has 29 heavy (non-hydrogen) atoms. The summed E-state index contributed by atoms with van der Waals surface area (Å²) in [6, 6.07) is 11.4. The van der Waals surface area contributed by atoms with Crippen LogP contribution in [0.3, 0.4) is 0 Å². The Kier molecular flexibility index (Phi) is 8.37. The van der Waals surface area contributed by atoms with E-state index in [9.17, 15) is 4.79 Å². The van der Waals surface area contributed by atoms with Gasteiger partial charge in [-0.2, -0.15) is 0 Å². The molecule has 0 spiro atoms. The third-order valence-corrected chi connectivity index (χ3v) is 4.85. The Hall–Kier alpha value is -2.69. The first-order valence-electron chi connectivity index (χ1n) is 10.3. The van der Waals surface area contributed by atoms with Crippen molar-refractivity contribution >= 4 is 5.91 Å². The van der Waals surface area contributed by atoms with Crippen LogP contribution < -0.4 is 19.5 Å². The van der Waals surface area contributed by atoms with Crippen LogP contribution >= 0.6 is 0 Å². The van der Waals surface area contributed by atoms with Crippen molar-refractivity contribution in [3.63, 3.8) is 0 Å². The molecule has 1 N–H and O–H groups in total. The molecule has 2 atom stereocenters. The summed E-state index contributed by atoms with van der Waals surface area (Å²) in [4.78, 5) is 12.8. The molecule has 0 saturated carbocycles. The van der Waals surface area contributed by atoms with E-state index in [2.05, 4.69) is 12.2 Å². The maximum Gasteiger partial charge on any atom is 0.261 e. The van der Waals surface area contributed by atoms with Gasteiger partial charge >= 0.3 is 0 Å². The second kappa shape index (κ2) is 10.7. The van der Waals surface area contributed by atoms with Crippen molar-refractivity contribution in [2.45, 2.75) is 60.1 Å². The molecule has 5 nitrogen and oxygen atoms in total. The van der Waals surface area contributed by atoms with Crippen LogP contribution in [-0.4, -0.2) is 25.2 Å². The van der Waals surface area contributed by atoms with Crippen molar-refractivity contribution in [1.29, 1.82) is 0 Å². The molecule has 0 aromatic heterocycles. The molecule has 0 radical (unpaired) electrons. The number of hydrogen-bond acceptors (Lipinski definition) is 4. The average molecular weight is 400 g/mol. The number of carbonyl (C=O) groups excluding carboxylic acids is 1. The van der Waals surface area contributed by atoms with E-state index in [1.807, 2.05) is 71.0 Å². The Balaban J connectivity index is 2.09. The van der Waals surface area contributed by atoms with Crippen molar-refractivity contribution < 1.29 is 19.0 Å². The lowest BCUT2D eigenvalue weighted by Gasteiger charge is -2.22. The number of carbonyl (C=O) groups is 1. The molecule has 0 saturated heterocycles. The normalized spacial score (nSPS) is 12.8. The van der Waals surface area contributed by atoms with E-state index in [-0.39, 0.29) is 11.9 Å². The summed E-state index contributed by atoms with van der Waals surface area (Å²) in [6.07, 6.45) is 0.0347. The van der Waals surface area contributed by atoms with Crippen LogP contribution in [0, 0.1) is 13.8 Å². The van der Waals surface area contributed by atoms with Crippen molar-refractivity contribution in [2.75, 3.05) is 13.2 Å². The lowest BCUT2D eigenvalue weighted by Crippen LogP contribution is -2.39. The van der Waals surface area contributed by atoms with Gasteiger partial charge in [0.05, 0.1) is 19.3 Å². The van der Waals surface area contributed by atoms with Gasteiger partial charge in [0.1, 0.15) is 5.75 Å². The topological polar surface area (TPSA) is 56.8 Å². The second-order valence-electron chi connectivity index (χ2n) is 7.06. The Bertz CT molecular complexity index is 819. The van der Waals surface area contributed by atoms with E-state index >= 15 is 0 Å². The quantitative estimate of drug-likeness (QED) is 0.601. The molecule has 0 aliphatic rings. The van der Waals surface area contributed by atoms with E-state index in [1.165, 1.54) is 5.56 Å². The first-order chi connectivity index (χ1) is 13.9. The molecule has 0 fully saturated rings. The molecule has 0 heterocycles. The average Bonchev–Trinajstić information content (AvgIpc) is 2.70. The number of rotatable bonds is 10. The number of ether oxygens (including phenoxy) is 3. The minimum atomic E-state index is -0.548. The first-order valence-corrected chi connectivity index (χ1v) is 10.3. The van der Waals surface area contributed by atoms with Crippen molar-refractivity contribution in [3.05, 3.63) is 53.1 Å². The summed E-state index contributed by atoms with van der Waals surface area (Å²) in [6.45, 7) is 13.0. The minimum Gasteiger partial charge on any atom is -0.490 e. The van der Waals surface area contributed by atoms with Crippen molar-refractivity contribution in [2.24, 2.45) is 0 Å². The van der Waals surface area contributed by atoms with E-state index in [4.69, 9.17) is 14.2 Å². The number of benzene rings is 2. The SMILES string of the molecule is CCOc1ccc([C@H](C)NC(=O)[C@H](CC)Oc2ccc(C)c(C)c2)cc1OCC. The number of hydrogen-bond donors (Lipinski definition) is 1. The Morgan fingerprint density at radius 2 is 1.62 bits per heavy atom. The maximum atomic E-state index is 12.8. The van der Waals surface area contributed by atoms with E-state index < -0.39 is 6.10 Å². The first kappa shape index (κ1) is 22.6. The predicted octanol–water partition coefficient (Wildman–Crippen LogP) is 5.14. The fourth-order valence-electron chi connectivity index (χ4n) is 3.00. The van der Waals surface area contributed by atoms with Crippen LogP contribution in [0.1, 0.15) is 56.8 Å². The third-order valence-electron chi connectivity index (χ3n) is 4.85. The predicted molar refractivity (Wildman–Crippen MR) is 116 cm³/mol. The minimum absolute atomic E-state index is 0.134. The zero-order valence-corrected chi connectivity index (χ0v) is 18.4. The molecule has 0 aliphatic carbocycles. The summed E-state index contributed by atoms with van der Waals surface area (Å²) < 4.78 is 17.3. The van der Waals surface area contributed by atoms with Gasteiger partial charge in [0.25, 0.3) is 5.91 Å². The van der Waals surface area contributed by atoms with Crippen LogP contribution in [-0.2, 0) is 4.79 Å². The molecule has 2 aromatic rings. The van der Waals surface area contributed by atoms with Gasteiger partial charge in [0, 0.05) is 0 Å². The lowest BCUT2D eigenvalue weighted by molar-refractivity contribution is -0.128. The summed E-state index contributed by atoms with van der Waals surface area (Å²) >= 11 is 0. The van der Waals surface area contributed by atoms with Gasteiger partial charge < -0.3 is 19.5 Å². The Labute approximate surface area is 174 Å². The molecule has 2 rings (SSSR count). The van der Waals surface area contributed by atoms with Gasteiger partial charge in [-0.25, -0.2) is 0 Å². The van der Waals surface area contributed by atoms with Crippen LogP contribution in [0.2, 0.25) is 0 Å². The highest BCUT2D eigenvalue weighted by atomic mass is 16.5. The number of aryl methyl sites for hydroxylation is 2. The standard InChI is InChI=1S/C24H33NO4/c1-7-21(29-20-12-10-16(4)17(5)14-20)24(26)25-18(6)19-11-13-22(27-8-2)23(15-19)28-9-3/h10-15,18,21H,7-9H2,1-6H3,(H,25,26)/t18-,21-/m0/s1. The molecule has 158 valence electrons. The smallest absolute Gasteiger partial charge is 0.261 e. The fraction of sp³-hybridized carbons (Fsp3) is 0.458. The molecule has 5 heteroatoms. The van der Waals surface area contributed by atoms with Crippen molar-refractivity contribution in [1.82, 2.24) is 5.32 Å². The largest absolute Gasteiger partial charge is 0.490 e. The zero-order valence-electron chi connectivity index (χ0n) is 18.4. The summed E-state index contributed by atoms with van der Waals surface area (Å²) in [5.74, 6) is 1.97. The van der Waals surface area contributed by atoms with Crippen molar-refractivity contribution in [3.8, 4) is 17.2 Å². The number of amides is 1. The fourth-order valence-corrected chi connectivity index (χ4v) is 3.00. The summed E-state index contributed by atoms with van der Waals surface area (Å²) in [5, 5.41) is 3.05. The van der Waals surface area contributed by atoms with E-state index in [0.717, 1.165) is 11.1 Å². The highest BCUT2D eigenvalue weighted by Gasteiger charge is 2.21. The van der Waals surface area contributed by atoms with Gasteiger partial charge in [-0.05, 0) is 82.0 Å². The van der Waals surface area contributed by atoms with Crippen LogP contribution in [0.25, 0.3) is 0 Å². The van der Waals surface area contributed by atoms with E-state index in [0.29, 0.717) is 36.9 Å². The molecule has 0 aliphatic heterocycles. The number of nitrogens with one attached hydrogen (secondary N) is 1. The highest BCUT2D eigenvalue weighted by Crippen LogP contribution is 2.31. The van der Waals surface area contributed by atoms with Gasteiger partial charge in [-0.15, -0.1) is 0 Å². The highest BCUT2D eigenvalue weighted by molar-refractivity contribution is 5.81. The molecule has 0 unspecified atom stereocenters. The van der Waals surface area contributed by atoms with E-state index in [1.54, 1.807) is 0 Å². The Morgan fingerprint density at radius 3 is 2.24 bits per heavy atom.